The van der Waals surface area contributed by atoms with Gasteiger partial charge in [-0.3, -0.25) is 9.69 Å². The van der Waals surface area contributed by atoms with Crippen LogP contribution in [0.25, 0.3) is 0 Å². The molecule has 2 fully saturated rings. The summed E-state index contributed by atoms with van der Waals surface area (Å²) in [6.45, 7) is 3.35. The average molecular weight is 554 g/mol. The molecule has 2 aliphatic rings. The van der Waals surface area contributed by atoms with Gasteiger partial charge in [0.2, 0.25) is 5.91 Å². The minimum atomic E-state index is -3.33. The molecule has 2 saturated heterocycles. The number of aliphatic hydroxyl groups is 1. The SMILES string of the molecule is CC(F)(F)Oc1ccc(N2CCC3(C2)CN(C(CO)CC(=O)Nc2ccc(S(C)(=O)=O)cc2)CCO3)cc1. The fraction of sp³-hybridized carbons (Fsp3) is 0.500. The highest BCUT2D eigenvalue weighted by Gasteiger charge is 2.44. The maximum Gasteiger partial charge on any atom is 0.394 e. The lowest BCUT2D eigenvalue weighted by Gasteiger charge is -2.43. The second kappa shape index (κ2) is 11.1. The molecule has 2 aliphatic heterocycles. The van der Waals surface area contributed by atoms with E-state index in [1.807, 2.05) is 0 Å². The summed E-state index contributed by atoms with van der Waals surface area (Å²) in [5.41, 5.74) is 0.868. The normalized spacial score (nSPS) is 21.4. The third kappa shape index (κ3) is 7.19. The number of benzene rings is 2. The van der Waals surface area contributed by atoms with Crippen LogP contribution in [0.5, 0.6) is 5.75 Å². The van der Waals surface area contributed by atoms with Gasteiger partial charge in [-0.1, -0.05) is 0 Å². The maximum absolute atomic E-state index is 13.1. The van der Waals surface area contributed by atoms with E-state index in [-0.39, 0.29) is 29.6 Å². The van der Waals surface area contributed by atoms with E-state index in [1.54, 1.807) is 12.1 Å². The van der Waals surface area contributed by atoms with Gasteiger partial charge in [-0.15, -0.1) is 0 Å². The molecular formula is C26H33F2N3O6S. The molecule has 38 heavy (non-hydrogen) atoms. The number of amides is 1. The van der Waals surface area contributed by atoms with Crippen LogP contribution in [0.3, 0.4) is 0 Å². The minimum Gasteiger partial charge on any atom is -0.433 e. The summed E-state index contributed by atoms with van der Waals surface area (Å²) in [4.78, 5) is 17.1. The molecule has 2 heterocycles. The van der Waals surface area contributed by atoms with Crippen LogP contribution >= 0.6 is 0 Å². The Morgan fingerprint density at radius 3 is 2.45 bits per heavy atom. The Morgan fingerprint density at radius 1 is 1.16 bits per heavy atom. The molecule has 2 aromatic carbocycles. The molecule has 9 nitrogen and oxygen atoms in total. The van der Waals surface area contributed by atoms with E-state index < -0.39 is 27.6 Å². The van der Waals surface area contributed by atoms with E-state index in [2.05, 4.69) is 19.9 Å². The topological polar surface area (TPSA) is 108 Å². The number of ether oxygens (including phenoxy) is 2. The van der Waals surface area contributed by atoms with Gasteiger partial charge in [0, 0.05) is 63.2 Å². The lowest BCUT2D eigenvalue weighted by molar-refractivity contribution is -0.158. The number of sulfone groups is 1. The van der Waals surface area contributed by atoms with E-state index in [4.69, 9.17) is 4.74 Å². The van der Waals surface area contributed by atoms with Crippen LogP contribution in [0.2, 0.25) is 0 Å². The van der Waals surface area contributed by atoms with E-state index in [0.717, 1.165) is 18.4 Å². The first-order valence-electron chi connectivity index (χ1n) is 12.4. The molecule has 1 amide bonds. The van der Waals surface area contributed by atoms with Crippen molar-refractivity contribution < 1.29 is 36.6 Å². The van der Waals surface area contributed by atoms with Crippen LogP contribution in [0.4, 0.5) is 20.2 Å². The first kappa shape index (κ1) is 28.2. The molecule has 2 atom stereocenters. The van der Waals surface area contributed by atoms with Crippen LogP contribution in [-0.2, 0) is 19.4 Å². The number of nitrogens with zero attached hydrogens (tertiary/aromatic N) is 2. The lowest BCUT2D eigenvalue weighted by Crippen LogP contribution is -2.57. The molecule has 0 bridgehead atoms. The number of nitrogens with one attached hydrogen (secondary N) is 1. The second-order valence-corrected chi connectivity index (χ2v) is 12.0. The Labute approximate surface area is 221 Å². The molecule has 0 aromatic heterocycles. The van der Waals surface area contributed by atoms with Crippen LogP contribution in [-0.4, -0.2) is 87.7 Å². The van der Waals surface area contributed by atoms with Crippen molar-refractivity contribution in [1.29, 1.82) is 0 Å². The van der Waals surface area contributed by atoms with E-state index in [0.29, 0.717) is 45.4 Å². The van der Waals surface area contributed by atoms with Crippen LogP contribution in [0.15, 0.2) is 53.4 Å². The fourth-order valence-electron chi connectivity index (χ4n) is 4.95. The molecule has 2 unspecified atom stereocenters. The van der Waals surface area contributed by atoms with Gasteiger partial charge in [0.1, 0.15) is 5.75 Å². The van der Waals surface area contributed by atoms with Crippen LogP contribution < -0.4 is 15.0 Å². The number of aliphatic hydroxyl groups excluding tert-OH is 1. The van der Waals surface area contributed by atoms with Crippen molar-refractivity contribution >= 4 is 27.1 Å². The molecule has 4 rings (SSSR count). The zero-order chi connectivity index (χ0) is 27.6. The molecule has 0 saturated carbocycles. The number of halogens is 2. The van der Waals surface area contributed by atoms with Gasteiger partial charge >= 0.3 is 6.11 Å². The highest BCUT2D eigenvalue weighted by atomic mass is 32.2. The van der Waals surface area contributed by atoms with Gasteiger partial charge in [0.15, 0.2) is 9.84 Å². The van der Waals surface area contributed by atoms with E-state index in [9.17, 15) is 27.1 Å². The summed E-state index contributed by atoms with van der Waals surface area (Å²) in [7, 11) is -3.33. The lowest BCUT2D eigenvalue weighted by atomic mass is 9.98. The first-order valence-corrected chi connectivity index (χ1v) is 14.3. The molecule has 2 aromatic rings. The number of carbonyl (C=O) groups excluding carboxylic acids is 1. The van der Waals surface area contributed by atoms with Crippen molar-refractivity contribution in [2.24, 2.45) is 0 Å². The Hall–Kier alpha value is -2.80. The fourth-order valence-corrected chi connectivity index (χ4v) is 5.58. The Bertz CT molecular complexity index is 1220. The van der Waals surface area contributed by atoms with Gasteiger partial charge in [0.25, 0.3) is 0 Å². The van der Waals surface area contributed by atoms with Crippen molar-refractivity contribution in [1.82, 2.24) is 4.90 Å². The third-order valence-corrected chi connectivity index (χ3v) is 7.94. The number of hydrogen-bond donors (Lipinski definition) is 2. The zero-order valence-electron chi connectivity index (χ0n) is 21.4. The highest BCUT2D eigenvalue weighted by molar-refractivity contribution is 7.90. The summed E-state index contributed by atoms with van der Waals surface area (Å²) < 4.78 is 60.3. The van der Waals surface area contributed by atoms with Crippen LogP contribution in [0.1, 0.15) is 19.8 Å². The Balaban J connectivity index is 1.34. The van der Waals surface area contributed by atoms with Crippen molar-refractivity contribution in [2.45, 2.75) is 42.4 Å². The molecule has 0 radical (unpaired) electrons. The van der Waals surface area contributed by atoms with Gasteiger partial charge in [-0.05, 0) is 55.0 Å². The average Bonchev–Trinajstić information content (AvgIpc) is 3.24. The third-order valence-electron chi connectivity index (χ3n) is 6.81. The molecule has 12 heteroatoms. The van der Waals surface area contributed by atoms with Gasteiger partial charge < -0.3 is 24.8 Å². The van der Waals surface area contributed by atoms with E-state index in [1.165, 1.54) is 36.4 Å². The monoisotopic (exact) mass is 553 g/mol. The number of morpholine rings is 1. The Kier molecular flexibility index (Phi) is 8.26. The number of rotatable bonds is 9. The smallest absolute Gasteiger partial charge is 0.394 e. The number of hydrogen-bond acceptors (Lipinski definition) is 8. The van der Waals surface area contributed by atoms with Crippen molar-refractivity contribution in [3.05, 3.63) is 48.5 Å². The first-order chi connectivity index (χ1) is 17.9. The second-order valence-electron chi connectivity index (χ2n) is 9.96. The molecule has 208 valence electrons. The van der Waals surface area contributed by atoms with E-state index >= 15 is 0 Å². The molecular weight excluding hydrogens is 520 g/mol. The van der Waals surface area contributed by atoms with Crippen molar-refractivity contribution in [2.75, 3.05) is 55.9 Å². The van der Waals surface area contributed by atoms with Gasteiger partial charge in [-0.2, -0.15) is 8.78 Å². The maximum atomic E-state index is 13.1. The molecule has 1 spiro atoms. The van der Waals surface area contributed by atoms with Gasteiger partial charge in [0.05, 0.1) is 23.7 Å². The summed E-state index contributed by atoms with van der Waals surface area (Å²) in [6.07, 6.45) is -1.33. The molecule has 2 N–H and O–H groups in total. The zero-order valence-corrected chi connectivity index (χ0v) is 22.2. The number of anilines is 2. The Morgan fingerprint density at radius 2 is 1.84 bits per heavy atom. The summed E-state index contributed by atoms with van der Waals surface area (Å²) in [5.74, 6) is -0.199. The standard InChI is InChI=1S/C26H33F2N3O6S/c1-25(27,28)37-22-7-5-20(6-8-22)30-12-11-26(17-30)18-31(13-14-36-26)21(16-32)15-24(33)29-19-3-9-23(10-4-19)38(2,34)35/h3-10,21,32H,11-18H2,1-2H3,(H,29,33). The summed E-state index contributed by atoms with van der Waals surface area (Å²) >= 11 is 0. The largest absolute Gasteiger partial charge is 0.433 e. The predicted molar refractivity (Wildman–Crippen MR) is 138 cm³/mol. The van der Waals surface area contributed by atoms with Gasteiger partial charge in [-0.25, -0.2) is 8.42 Å². The highest BCUT2D eigenvalue weighted by Crippen LogP contribution is 2.34. The number of alkyl halides is 2. The van der Waals surface area contributed by atoms with Crippen LogP contribution in [0, 0.1) is 0 Å². The minimum absolute atomic E-state index is 0.0631. The quantitative estimate of drug-likeness (QED) is 0.488. The van der Waals surface area contributed by atoms with Crippen molar-refractivity contribution in [3.63, 3.8) is 0 Å². The number of carbonyl (C=O) groups is 1. The van der Waals surface area contributed by atoms with Crippen molar-refractivity contribution in [3.8, 4) is 5.75 Å². The summed E-state index contributed by atoms with van der Waals surface area (Å²) in [6, 6.07) is 12.0. The molecule has 0 aliphatic carbocycles. The predicted octanol–water partition coefficient (Wildman–Crippen LogP) is 2.75. The summed E-state index contributed by atoms with van der Waals surface area (Å²) in [5, 5.41) is 12.8.